The minimum absolute atomic E-state index is 0.163. The van der Waals surface area contributed by atoms with E-state index >= 15 is 0 Å². The fourth-order valence-electron chi connectivity index (χ4n) is 0.915. The van der Waals surface area contributed by atoms with Crippen LogP contribution in [-0.2, 0) is 16.1 Å². The van der Waals surface area contributed by atoms with E-state index < -0.39 is 24.9 Å². The number of hydrogen-bond acceptors (Lipinski definition) is 3. The quantitative estimate of drug-likeness (QED) is 0.814. The standard InChI is InChI=1S/C11H13NO4/c1-8(10(13)14)12-11(15)16-7-9-5-3-2-4-6-9/h2-6,8H,7H2,1H3,(H,12,15)(H,13,14)/i1D3,8D. The Morgan fingerprint density at radius 1 is 1.56 bits per heavy atom. The van der Waals surface area contributed by atoms with Crippen LogP contribution < -0.4 is 5.32 Å². The van der Waals surface area contributed by atoms with Gasteiger partial charge in [-0.05, 0) is 12.4 Å². The molecular formula is C11H13NO4. The number of rotatable bonds is 4. The Labute approximate surface area is 98.7 Å². The zero-order chi connectivity index (χ0) is 15.4. The largest absolute Gasteiger partial charge is 0.480 e. The zero-order valence-corrected chi connectivity index (χ0v) is 8.27. The second-order valence-electron chi connectivity index (χ2n) is 2.87. The summed E-state index contributed by atoms with van der Waals surface area (Å²) in [6.07, 6.45) is -1.29. The minimum atomic E-state index is -3.23. The third kappa shape index (κ3) is 4.00. The topological polar surface area (TPSA) is 75.6 Å². The second-order valence-corrected chi connectivity index (χ2v) is 2.87. The molecule has 2 N–H and O–H groups in total. The lowest BCUT2D eigenvalue weighted by molar-refractivity contribution is -0.138. The number of carbonyl (C=O) groups is 2. The first kappa shape index (κ1) is 7.27. The Kier molecular flexibility index (Phi) is 2.61. The van der Waals surface area contributed by atoms with E-state index in [-0.39, 0.29) is 6.61 Å². The molecule has 0 aliphatic heterocycles. The van der Waals surface area contributed by atoms with E-state index in [0.717, 1.165) is 0 Å². The normalized spacial score (nSPS) is 18.0. The Bertz CT molecular complexity index is 491. The van der Waals surface area contributed by atoms with Crippen molar-refractivity contribution < 1.29 is 24.9 Å². The molecule has 0 saturated heterocycles. The first-order chi connectivity index (χ1) is 9.17. The van der Waals surface area contributed by atoms with Gasteiger partial charge in [0.2, 0.25) is 0 Å². The van der Waals surface area contributed by atoms with E-state index in [4.69, 9.17) is 10.6 Å². The Morgan fingerprint density at radius 2 is 2.25 bits per heavy atom. The van der Waals surface area contributed by atoms with Crippen molar-refractivity contribution in [1.29, 1.82) is 0 Å². The molecule has 1 unspecified atom stereocenters. The van der Waals surface area contributed by atoms with Gasteiger partial charge in [-0.15, -0.1) is 0 Å². The van der Waals surface area contributed by atoms with Gasteiger partial charge in [0.05, 0.1) is 1.37 Å². The first-order valence-corrected chi connectivity index (χ1v) is 4.39. The lowest BCUT2D eigenvalue weighted by Crippen LogP contribution is -2.38. The molecule has 0 saturated carbocycles. The molecule has 0 bridgehead atoms. The molecule has 1 amide bonds. The molecule has 86 valence electrons. The number of carboxylic acids is 1. The lowest BCUT2D eigenvalue weighted by Gasteiger charge is -2.09. The van der Waals surface area contributed by atoms with Crippen molar-refractivity contribution >= 4 is 12.1 Å². The SMILES string of the molecule is [2H]C([2H])([2H])C([2H])(NC(=O)OCc1ccccc1)C(=O)O. The molecule has 5 heteroatoms. The molecule has 1 atom stereocenters. The molecule has 1 aromatic rings. The maximum absolute atomic E-state index is 11.4. The first-order valence-electron chi connectivity index (χ1n) is 6.39. The summed E-state index contributed by atoms with van der Waals surface area (Å²) in [5.41, 5.74) is 0.641. The van der Waals surface area contributed by atoms with Crippen LogP contribution >= 0.6 is 0 Å². The molecule has 5 nitrogen and oxygen atoms in total. The summed E-state index contributed by atoms with van der Waals surface area (Å²) in [6, 6.07) is 5.37. The van der Waals surface area contributed by atoms with Gasteiger partial charge in [0, 0.05) is 4.11 Å². The van der Waals surface area contributed by atoms with Gasteiger partial charge in [-0.1, -0.05) is 30.3 Å². The molecule has 0 spiro atoms. The molecule has 0 heterocycles. The second kappa shape index (κ2) is 5.75. The highest BCUT2D eigenvalue weighted by atomic mass is 16.5. The third-order valence-electron chi connectivity index (χ3n) is 1.65. The van der Waals surface area contributed by atoms with Crippen molar-refractivity contribution in [2.24, 2.45) is 0 Å². The lowest BCUT2D eigenvalue weighted by atomic mass is 10.2. The predicted octanol–water partition coefficient (Wildman–Crippen LogP) is 1.39. The van der Waals surface area contributed by atoms with E-state index in [1.54, 1.807) is 35.6 Å². The van der Waals surface area contributed by atoms with Crippen molar-refractivity contribution in [3.63, 3.8) is 0 Å². The Balaban J connectivity index is 2.67. The van der Waals surface area contributed by atoms with Crippen LogP contribution in [0, 0.1) is 0 Å². The molecule has 0 aliphatic rings. The number of nitrogens with one attached hydrogen (secondary N) is 1. The van der Waals surface area contributed by atoms with Crippen molar-refractivity contribution in [2.45, 2.75) is 19.5 Å². The van der Waals surface area contributed by atoms with E-state index in [9.17, 15) is 9.59 Å². The summed E-state index contributed by atoms with van der Waals surface area (Å²) >= 11 is 0. The highest BCUT2D eigenvalue weighted by molar-refractivity contribution is 5.79. The van der Waals surface area contributed by atoms with E-state index in [0.29, 0.717) is 5.56 Å². The van der Waals surface area contributed by atoms with Gasteiger partial charge in [-0.3, -0.25) is 4.79 Å². The highest BCUT2D eigenvalue weighted by Crippen LogP contribution is 2.00. The molecule has 1 aromatic carbocycles. The van der Waals surface area contributed by atoms with Crippen LogP contribution in [0.25, 0.3) is 0 Å². The number of alkyl carbamates (subject to hydrolysis) is 1. The van der Waals surface area contributed by atoms with Crippen LogP contribution in [0.1, 0.15) is 17.9 Å². The average molecular weight is 227 g/mol. The summed E-state index contributed by atoms with van der Waals surface area (Å²) < 4.78 is 33.1. The van der Waals surface area contributed by atoms with Crippen LogP contribution in [-0.4, -0.2) is 23.2 Å². The van der Waals surface area contributed by atoms with Gasteiger partial charge >= 0.3 is 12.1 Å². The summed E-state index contributed by atoms with van der Waals surface area (Å²) in [5, 5.41) is 10.3. The van der Waals surface area contributed by atoms with E-state index in [2.05, 4.69) is 4.74 Å². The molecule has 0 aromatic heterocycles. The molecule has 0 aliphatic carbocycles. The maximum Gasteiger partial charge on any atom is 0.408 e. The number of ether oxygens (including phenoxy) is 1. The summed E-state index contributed by atoms with van der Waals surface area (Å²) in [4.78, 5) is 22.3. The number of amides is 1. The fourth-order valence-corrected chi connectivity index (χ4v) is 0.915. The number of aliphatic carboxylic acids is 1. The Hall–Kier alpha value is -2.04. The van der Waals surface area contributed by atoms with Gasteiger partial charge in [-0.25, -0.2) is 4.79 Å². The summed E-state index contributed by atoms with van der Waals surface area (Å²) in [5.74, 6) is -1.99. The molecule has 1 rings (SSSR count). The Morgan fingerprint density at radius 3 is 2.81 bits per heavy atom. The van der Waals surface area contributed by atoms with Gasteiger partial charge in [-0.2, -0.15) is 0 Å². The van der Waals surface area contributed by atoms with Crippen molar-refractivity contribution in [3.8, 4) is 0 Å². The molecule has 0 radical (unpaired) electrons. The van der Waals surface area contributed by atoms with Crippen LogP contribution in [0.4, 0.5) is 4.79 Å². The molecular weight excluding hydrogens is 210 g/mol. The van der Waals surface area contributed by atoms with E-state index in [1.165, 1.54) is 0 Å². The van der Waals surface area contributed by atoms with Gasteiger partial charge in [0.25, 0.3) is 0 Å². The number of carbonyl (C=O) groups excluding carboxylic acids is 1. The number of benzene rings is 1. The zero-order valence-electron chi connectivity index (χ0n) is 12.3. The monoisotopic (exact) mass is 227 g/mol. The van der Waals surface area contributed by atoms with Crippen molar-refractivity contribution in [2.75, 3.05) is 0 Å². The van der Waals surface area contributed by atoms with Crippen LogP contribution in [0.3, 0.4) is 0 Å². The van der Waals surface area contributed by atoms with Crippen LogP contribution in [0.2, 0.25) is 0 Å². The number of carboxylic acid groups (broad SMARTS) is 1. The maximum atomic E-state index is 11.4. The van der Waals surface area contributed by atoms with Crippen molar-refractivity contribution in [1.82, 2.24) is 5.32 Å². The number of hydrogen-bond donors (Lipinski definition) is 2. The van der Waals surface area contributed by atoms with Crippen LogP contribution in [0.15, 0.2) is 30.3 Å². The van der Waals surface area contributed by atoms with Gasteiger partial charge in [0.15, 0.2) is 0 Å². The average Bonchev–Trinajstić information content (AvgIpc) is 2.36. The van der Waals surface area contributed by atoms with Crippen LogP contribution in [0.5, 0.6) is 0 Å². The summed E-state index contributed by atoms with van der Waals surface area (Å²) in [7, 11) is 0. The summed E-state index contributed by atoms with van der Waals surface area (Å²) in [6.45, 7) is -3.39. The molecule has 0 fully saturated rings. The molecule has 16 heavy (non-hydrogen) atoms. The van der Waals surface area contributed by atoms with E-state index in [1.807, 2.05) is 0 Å². The third-order valence-corrected chi connectivity index (χ3v) is 1.65. The van der Waals surface area contributed by atoms with Gasteiger partial charge < -0.3 is 15.2 Å². The highest BCUT2D eigenvalue weighted by Gasteiger charge is 2.14. The predicted molar refractivity (Wildman–Crippen MR) is 56.9 cm³/mol. The van der Waals surface area contributed by atoms with Crippen molar-refractivity contribution in [3.05, 3.63) is 35.9 Å². The smallest absolute Gasteiger partial charge is 0.408 e. The fraction of sp³-hybridized carbons (Fsp3) is 0.273. The minimum Gasteiger partial charge on any atom is -0.480 e. The van der Waals surface area contributed by atoms with Gasteiger partial charge in [0.1, 0.15) is 12.6 Å².